The zero-order valence-electron chi connectivity index (χ0n) is 14.9. The minimum Gasteiger partial charge on any atom is -0.481 e. The number of ether oxygens (including phenoxy) is 1. The lowest BCUT2D eigenvalue weighted by atomic mass is 10.1. The van der Waals surface area contributed by atoms with Gasteiger partial charge in [-0.1, -0.05) is 41.9 Å². The minimum atomic E-state index is -0.389. The number of halogens is 2. The lowest BCUT2D eigenvalue weighted by Crippen LogP contribution is -1.97. The van der Waals surface area contributed by atoms with Gasteiger partial charge >= 0.3 is 0 Å². The fourth-order valence-electron chi connectivity index (χ4n) is 2.83. The van der Waals surface area contributed by atoms with Crippen LogP contribution < -0.4 is 4.74 Å². The SMILES string of the molecule is COc1cc2ccccc2c(Cc2nnc(C=Cc3ccc(F)cc3Cl)o2)n1. The first kappa shape index (κ1) is 18.1. The van der Waals surface area contributed by atoms with Gasteiger partial charge < -0.3 is 9.15 Å². The number of methoxy groups -OCH3 is 1. The van der Waals surface area contributed by atoms with Crippen LogP contribution in [0.4, 0.5) is 4.39 Å². The second kappa shape index (κ2) is 7.78. The maximum Gasteiger partial charge on any atom is 0.240 e. The molecule has 0 aliphatic heterocycles. The summed E-state index contributed by atoms with van der Waals surface area (Å²) >= 11 is 6.01. The number of rotatable bonds is 5. The molecular formula is C21H15ClFN3O2. The van der Waals surface area contributed by atoms with Gasteiger partial charge in [-0.3, -0.25) is 0 Å². The molecule has 5 nitrogen and oxygen atoms in total. The Balaban J connectivity index is 1.59. The summed E-state index contributed by atoms with van der Waals surface area (Å²) in [6, 6.07) is 14.0. The summed E-state index contributed by atoms with van der Waals surface area (Å²) in [6.07, 6.45) is 3.70. The predicted molar refractivity (Wildman–Crippen MR) is 106 cm³/mol. The molecule has 0 spiro atoms. The van der Waals surface area contributed by atoms with E-state index < -0.39 is 0 Å². The van der Waals surface area contributed by atoms with Crippen molar-refractivity contribution in [1.82, 2.24) is 15.2 Å². The third-order valence-corrected chi connectivity index (χ3v) is 4.50. The van der Waals surface area contributed by atoms with Gasteiger partial charge in [0.1, 0.15) is 5.82 Å². The molecule has 4 rings (SSSR count). The molecule has 0 atom stereocenters. The van der Waals surface area contributed by atoms with Crippen LogP contribution in [0.1, 0.15) is 23.0 Å². The van der Waals surface area contributed by atoms with E-state index in [-0.39, 0.29) is 5.82 Å². The van der Waals surface area contributed by atoms with Gasteiger partial charge in [-0.05, 0) is 29.2 Å². The Labute approximate surface area is 165 Å². The third-order valence-electron chi connectivity index (χ3n) is 4.17. The van der Waals surface area contributed by atoms with Crippen LogP contribution in [0.25, 0.3) is 22.9 Å². The number of pyridine rings is 1. The van der Waals surface area contributed by atoms with E-state index in [4.69, 9.17) is 20.8 Å². The molecule has 0 saturated carbocycles. The topological polar surface area (TPSA) is 61.0 Å². The molecule has 0 fully saturated rings. The van der Waals surface area contributed by atoms with Crippen molar-refractivity contribution in [2.75, 3.05) is 7.11 Å². The molecule has 0 aliphatic carbocycles. The largest absolute Gasteiger partial charge is 0.481 e. The average molecular weight is 396 g/mol. The van der Waals surface area contributed by atoms with Crippen molar-refractivity contribution in [1.29, 1.82) is 0 Å². The minimum absolute atomic E-state index is 0.308. The van der Waals surface area contributed by atoms with Crippen molar-refractivity contribution in [2.45, 2.75) is 6.42 Å². The summed E-state index contributed by atoms with van der Waals surface area (Å²) in [5.41, 5.74) is 1.44. The number of benzene rings is 2. The molecule has 140 valence electrons. The Morgan fingerprint density at radius 3 is 2.79 bits per heavy atom. The molecule has 28 heavy (non-hydrogen) atoms. The molecule has 0 amide bonds. The maximum absolute atomic E-state index is 13.1. The second-order valence-electron chi connectivity index (χ2n) is 6.04. The standard InChI is InChI=1S/C21H15ClFN3O2/c1-27-20-10-14-4-2-3-5-16(14)18(24-20)12-21-26-25-19(28-21)9-7-13-6-8-15(23)11-17(13)22/h2-11H,12H2,1H3. The van der Waals surface area contributed by atoms with Crippen LogP contribution in [0.15, 0.2) is 52.9 Å². The molecule has 0 saturated heterocycles. The Bertz CT molecular complexity index is 1170. The number of hydrogen-bond acceptors (Lipinski definition) is 5. The van der Waals surface area contributed by atoms with Crippen LogP contribution in [0.3, 0.4) is 0 Å². The van der Waals surface area contributed by atoms with Crippen molar-refractivity contribution in [3.63, 3.8) is 0 Å². The molecule has 2 aromatic carbocycles. The summed E-state index contributed by atoms with van der Waals surface area (Å²) in [4.78, 5) is 4.52. The molecule has 0 N–H and O–H groups in total. The molecular weight excluding hydrogens is 381 g/mol. The van der Waals surface area contributed by atoms with Crippen molar-refractivity contribution in [2.24, 2.45) is 0 Å². The summed E-state index contributed by atoms with van der Waals surface area (Å²) in [6.45, 7) is 0. The first-order valence-corrected chi connectivity index (χ1v) is 8.88. The van der Waals surface area contributed by atoms with Crippen LogP contribution in [-0.4, -0.2) is 22.3 Å². The van der Waals surface area contributed by atoms with E-state index in [1.165, 1.54) is 12.1 Å². The zero-order chi connectivity index (χ0) is 19.5. The summed E-state index contributed by atoms with van der Waals surface area (Å²) < 4.78 is 24.1. The smallest absolute Gasteiger partial charge is 0.240 e. The number of fused-ring (bicyclic) bond motifs is 1. The Morgan fingerprint density at radius 1 is 1.11 bits per heavy atom. The van der Waals surface area contributed by atoms with Crippen molar-refractivity contribution in [3.05, 3.63) is 82.4 Å². The monoisotopic (exact) mass is 395 g/mol. The van der Waals surface area contributed by atoms with Gasteiger partial charge in [0.15, 0.2) is 0 Å². The van der Waals surface area contributed by atoms with E-state index in [2.05, 4.69) is 15.2 Å². The highest BCUT2D eigenvalue weighted by molar-refractivity contribution is 6.32. The van der Waals surface area contributed by atoms with Gasteiger partial charge in [0.2, 0.25) is 17.7 Å². The van der Waals surface area contributed by atoms with E-state index >= 15 is 0 Å². The summed E-state index contributed by atoms with van der Waals surface area (Å²) in [5, 5.41) is 10.4. The van der Waals surface area contributed by atoms with E-state index in [0.29, 0.717) is 34.7 Å². The Morgan fingerprint density at radius 2 is 1.96 bits per heavy atom. The first-order valence-electron chi connectivity index (χ1n) is 8.50. The molecule has 0 radical (unpaired) electrons. The second-order valence-corrected chi connectivity index (χ2v) is 6.45. The fourth-order valence-corrected chi connectivity index (χ4v) is 3.06. The van der Waals surface area contributed by atoms with Crippen LogP contribution >= 0.6 is 11.6 Å². The normalized spacial score (nSPS) is 11.4. The molecule has 2 heterocycles. The average Bonchev–Trinajstić information content (AvgIpc) is 3.14. The summed E-state index contributed by atoms with van der Waals surface area (Å²) in [5.74, 6) is 0.887. The van der Waals surface area contributed by atoms with Crippen LogP contribution in [-0.2, 0) is 6.42 Å². The van der Waals surface area contributed by atoms with E-state index in [9.17, 15) is 4.39 Å². The van der Waals surface area contributed by atoms with Crippen LogP contribution in [0.5, 0.6) is 5.88 Å². The van der Waals surface area contributed by atoms with Gasteiger partial charge in [-0.15, -0.1) is 10.2 Å². The lowest BCUT2D eigenvalue weighted by Gasteiger charge is -2.06. The zero-order valence-corrected chi connectivity index (χ0v) is 15.7. The highest BCUT2D eigenvalue weighted by atomic mass is 35.5. The molecule has 0 unspecified atom stereocenters. The quantitative estimate of drug-likeness (QED) is 0.466. The Hall–Kier alpha value is -3.25. The number of nitrogens with zero attached hydrogens (tertiary/aromatic N) is 3. The van der Waals surface area contributed by atoms with Gasteiger partial charge in [0.25, 0.3) is 0 Å². The first-order chi connectivity index (χ1) is 13.6. The van der Waals surface area contributed by atoms with Gasteiger partial charge in [-0.25, -0.2) is 9.37 Å². The number of aromatic nitrogens is 3. The van der Waals surface area contributed by atoms with Crippen LogP contribution in [0.2, 0.25) is 5.02 Å². The molecule has 0 aliphatic rings. The molecule has 4 aromatic rings. The van der Waals surface area contributed by atoms with Crippen molar-refractivity contribution in [3.8, 4) is 5.88 Å². The Kier molecular flexibility index (Phi) is 5.04. The van der Waals surface area contributed by atoms with Gasteiger partial charge in [-0.2, -0.15) is 0 Å². The highest BCUT2D eigenvalue weighted by Crippen LogP contribution is 2.24. The lowest BCUT2D eigenvalue weighted by molar-refractivity contribution is 0.397. The molecule has 2 aromatic heterocycles. The number of hydrogen-bond donors (Lipinski definition) is 0. The third kappa shape index (κ3) is 3.87. The molecule has 7 heteroatoms. The summed E-state index contributed by atoms with van der Waals surface area (Å²) in [7, 11) is 1.58. The van der Waals surface area contributed by atoms with Crippen LogP contribution in [0, 0.1) is 5.82 Å². The predicted octanol–water partition coefficient (Wildman–Crippen LogP) is 5.18. The molecule has 0 bridgehead atoms. The van der Waals surface area contributed by atoms with Crippen molar-refractivity contribution < 1.29 is 13.5 Å². The van der Waals surface area contributed by atoms with Gasteiger partial charge in [0.05, 0.1) is 24.2 Å². The fraction of sp³-hybridized carbons (Fsp3) is 0.0952. The van der Waals surface area contributed by atoms with E-state index in [1.54, 1.807) is 25.3 Å². The van der Waals surface area contributed by atoms with E-state index in [0.717, 1.165) is 16.5 Å². The van der Waals surface area contributed by atoms with Crippen molar-refractivity contribution >= 4 is 34.5 Å². The maximum atomic E-state index is 13.1. The van der Waals surface area contributed by atoms with E-state index in [1.807, 2.05) is 30.3 Å². The van der Waals surface area contributed by atoms with Gasteiger partial charge in [0, 0.05) is 17.5 Å². The highest BCUT2D eigenvalue weighted by Gasteiger charge is 2.11.